The van der Waals surface area contributed by atoms with Gasteiger partial charge in [-0.05, 0) is 25.7 Å². The zero-order chi connectivity index (χ0) is 16.6. The number of carbonyl (C=O) groups is 2. The van der Waals surface area contributed by atoms with Gasteiger partial charge in [-0.15, -0.1) is 0 Å². The monoisotopic (exact) mass is 310 g/mol. The van der Waals surface area contributed by atoms with Gasteiger partial charge >= 0.3 is 5.97 Å². The fourth-order valence-electron chi connectivity index (χ4n) is 2.08. The Labute approximate surface area is 133 Å². The zero-order valence-electron chi connectivity index (χ0n) is 13.7. The first kappa shape index (κ1) is 20.6. The summed E-state index contributed by atoms with van der Waals surface area (Å²) in [4.78, 5) is 22.0. The Balaban J connectivity index is 3.57. The van der Waals surface area contributed by atoms with E-state index in [9.17, 15) is 14.7 Å². The third kappa shape index (κ3) is 13.6. The molecule has 0 aromatic rings. The molecule has 0 bridgehead atoms. The molecule has 0 fully saturated rings. The van der Waals surface area contributed by atoms with Crippen LogP contribution in [0.5, 0.6) is 0 Å². The lowest BCUT2D eigenvalue weighted by Crippen LogP contribution is -2.19. The average molecular weight is 310 g/mol. The number of carboxylic acid groups (broad SMARTS) is 1. The van der Waals surface area contributed by atoms with Crippen LogP contribution in [-0.2, 0) is 9.59 Å². The second-order valence-corrected chi connectivity index (χ2v) is 5.47. The van der Waals surface area contributed by atoms with Crippen LogP contribution >= 0.6 is 0 Å². The summed E-state index contributed by atoms with van der Waals surface area (Å²) >= 11 is 0. The molecule has 0 aliphatic rings. The minimum atomic E-state index is -0.866. The highest BCUT2D eigenvalue weighted by Gasteiger charge is 2.12. The first-order valence-corrected chi connectivity index (χ1v) is 8.30. The number of Topliss-reactive ketones (excluding diaryl/α,β-unsaturated/α-hetero) is 1. The number of aliphatic hydroxyl groups is 1. The molecular weight excluding hydrogens is 280 g/mol. The smallest absolute Gasteiger partial charge is 0.303 e. The summed E-state index contributed by atoms with van der Waals surface area (Å²) in [5.41, 5.74) is 0. The molecule has 0 unspecified atom stereocenters. The van der Waals surface area contributed by atoms with Crippen molar-refractivity contribution in [2.75, 3.05) is 0 Å². The lowest BCUT2D eigenvalue weighted by molar-refractivity contribution is -0.137. The van der Waals surface area contributed by atoms with E-state index in [1.54, 1.807) is 0 Å². The molecular formula is C18H30O4. The van der Waals surface area contributed by atoms with E-state index in [2.05, 4.69) is 19.1 Å². The van der Waals surface area contributed by atoms with E-state index in [0.29, 0.717) is 19.3 Å². The Morgan fingerprint density at radius 1 is 0.955 bits per heavy atom. The third-order valence-corrected chi connectivity index (χ3v) is 3.40. The normalized spacial score (nSPS) is 13.0. The minimum Gasteiger partial charge on any atom is -0.481 e. The molecule has 2 N–H and O–H groups in total. The van der Waals surface area contributed by atoms with Gasteiger partial charge in [0, 0.05) is 12.8 Å². The van der Waals surface area contributed by atoms with Gasteiger partial charge in [0.15, 0.2) is 5.78 Å². The number of unbranched alkanes of at least 4 members (excludes halogenated alkanes) is 4. The number of hydrogen-bond donors (Lipinski definition) is 2. The molecule has 0 saturated heterocycles. The van der Waals surface area contributed by atoms with Gasteiger partial charge in [-0.1, -0.05) is 56.9 Å². The van der Waals surface area contributed by atoms with Crippen molar-refractivity contribution in [1.29, 1.82) is 0 Å². The number of carbonyl (C=O) groups excluding carboxylic acids is 1. The first-order chi connectivity index (χ1) is 10.6. The Morgan fingerprint density at radius 3 is 2.27 bits per heavy atom. The lowest BCUT2D eigenvalue weighted by Gasteiger charge is -2.07. The van der Waals surface area contributed by atoms with Crippen molar-refractivity contribution in [2.45, 2.75) is 77.2 Å². The maximum Gasteiger partial charge on any atom is 0.303 e. The highest BCUT2D eigenvalue weighted by atomic mass is 16.4. The number of carboxylic acids is 1. The molecule has 4 heteroatoms. The van der Waals surface area contributed by atoms with Crippen LogP contribution in [-0.4, -0.2) is 28.1 Å². The molecule has 0 heterocycles. The van der Waals surface area contributed by atoms with Crippen LogP contribution in [0.25, 0.3) is 0 Å². The molecule has 1 atom stereocenters. The van der Waals surface area contributed by atoms with E-state index in [4.69, 9.17) is 5.11 Å². The second-order valence-electron chi connectivity index (χ2n) is 5.47. The zero-order valence-corrected chi connectivity index (χ0v) is 13.7. The van der Waals surface area contributed by atoms with E-state index < -0.39 is 12.1 Å². The number of rotatable bonds is 14. The summed E-state index contributed by atoms with van der Waals surface area (Å²) in [6, 6.07) is 0. The molecule has 22 heavy (non-hydrogen) atoms. The molecule has 126 valence electrons. The van der Waals surface area contributed by atoms with Gasteiger partial charge in [-0.25, -0.2) is 0 Å². The van der Waals surface area contributed by atoms with E-state index in [1.807, 2.05) is 12.2 Å². The molecule has 0 spiro atoms. The van der Waals surface area contributed by atoms with Crippen molar-refractivity contribution in [3.8, 4) is 0 Å². The lowest BCUT2D eigenvalue weighted by atomic mass is 10.0. The van der Waals surface area contributed by atoms with Crippen LogP contribution in [0.2, 0.25) is 0 Å². The number of hydrogen-bond acceptors (Lipinski definition) is 3. The van der Waals surface area contributed by atoms with Crippen molar-refractivity contribution in [1.82, 2.24) is 0 Å². The van der Waals surface area contributed by atoms with Crippen molar-refractivity contribution < 1.29 is 19.8 Å². The number of aliphatic hydroxyl groups excluding tert-OH is 1. The maximum absolute atomic E-state index is 11.7. The van der Waals surface area contributed by atoms with Crippen LogP contribution in [0.4, 0.5) is 0 Å². The van der Waals surface area contributed by atoms with Crippen LogP contribution in [0, 0.1) is 0 Å². The van der Waals surface area contributed by atoms with Gasteiger partial charge in [0.2, 0.25) is 0 Å². The van der Waals surface area contributed by atoms with Crippen molar-refractivity contribution in [3.63, 3.8) is 0 Å². The standard InChI is InChI=1S/C18H30O4/c1-2-3-4-5-7-10-13-16(19)17(20)14-11-8-6-9-12-15-18(21)22/h3-4,7,10,17,20H,2,5-6,8-9,11-15H2,1H3,(H,21,22)/b4-3-,10-7-/t17-/m1/s1. The van der Waals surface area contributed by atoms with Gasteiger partial charge < -0.3 is 10.2 Å². The summed E-state index contributed by atoms with van der Waals surface area (Å²) in [6.07, 6.45) is 14.2. The van der Waals surface area contributed by atoms with Gasteiger partial charge in [-0.2, -0.15) is 0 Å². The van der Waals surface area contributed by atoms with Crippen molar-refractivity contribution in [3.05, 3.63) is 24.3 Å². The molecule has 0 aliphatic heterocycles. The molecule has 0 aromatic carbocycles. The summed E-state index contributed by atoms with van der Waals surface area (Å²) in [7, 11) is 0. The number of ketones is 1. The quantitative estimate of drug-likeness (QED) is 0.375. The largest absolute Gasteiger partial charge is 0.481 e. The van der Waals surface area contributed by atoms with E-state index in [0.717, 1.165) is 38.5 Å². The van der Waals surface area contributed by atoms with E-state index in [-0.39, 0.29) is 12.2 Å². The number of allylic oxidation sites excluding steroid dienone is 4. The number of aliphatic carboxylic acids is 1. The fourth-order valence-corrected chi connectivity index (χ4v) is 2.08. The molecule has 0 radical (unpaired) electrons. The van der Waals surface area contributed by atoms with Crippen LogP contribution in [0.1, 0.15) is 71.1 Å². The Kier molecular flexibility index (Phi) is 13.6. The maximum atomic E-state index is 11.7. The SMILES string of the molecule is CC/C=C\C/C=C\CC(=O)[C@H](O)CCCCCCCC(=O)O. The summed E-state index contributed by atoms with van der Waals surface area (Å²) in [5, 5.41) is 18.3. The molecule has 0 saturated carbocycles. The molecule has 4 nitrogen and oxygen atoms in total. The van der Waals surface area contributed by atoms with E-state index >= 15 is 0 Å². The minimum absolute atomic E-state index is 0.124. The summed E-state index contributed by atoms with van der Waals surface area (Å²) in [5.74, 6) is -0.874. The fraction of sp³-hybridized carbons (Fsp3) is 0.667. The molecule has 0 amide bonds. The first-order valence-electron chi connectivity index (χ1n) is 8.30. The third-order valence-electron chi connectivity index (χ3n) is 3.40. The topological polar surface area (TPSA) is 74.6 Å². The predicted molar refractivity (Wildman–Crippen MR) is 88.8 cm³/mol. The van der Waals surface area contributed by atoms with Crippen LogP contribution in [0.3, 0.4) is 0 Å². The Hall–Kier alpha value is -1.42. The Morgan fingerprint density at radius 2 is 1.59 bits per heavy atom. The predicted octanol–water partition coefficient (Wildman–Crippen LogP) is 4.03. The van der Waals surface area contributed by atoms with Gasteiger partial charge in [0.1, 0.15) is 6.10 Å². The van der Waals surface area contributed by atoms with Crippen LogP contribution in [0.15, 0.2) is 24.3 Å². The highest BCUT2D eigenvalue weighted by Crippen LogP contribution is 2.10. The van der Waals surface area contributed by atoms with Crippen molar-refractivity contribution >= 4 is 11.8 Å². The van der Waals surface area contributed by atoms with Gasteiger partial charge in [0.05, 0.1) is 0 Å². The molecule has 0 rings (SSSR count). The Bertz CT molecular complexity index is 358. The van der Waals surface area contributed by atoms with E-state index in [1.165, 1.54) is 0 Å². The van der Waals surface area contributed by atoms with Gasteiger partial charge in [-0.3, -0.25) is 9.59 Å². The molecule has 0 aromatic heterocycles. The van der Waals surface area contributed by atoms with Gasteiger partial charge in [0.25, 0.3) is 0 Å². The second kappa shape index (κ2) is 14.5. The average Bonchev–Trinajstić information content (AvgIpc) is 2.49. The summed E-state index contributed by atoms with van der Waals surface area (Å²) in [6.45, 7) is 2.08. The van der Waals surface area contributed by atoms with Crippen LogP contribution < -0.4 is 0 Å². The summed E-state index contributed by atoms with van der Waals surface area (Å²) < 4.78 is 0. The highest BCUT2D eigenvalue weighted by molar-refractivity contribution is 5.84. The molecule has 0 aliphatic carbocycles. The van der Waals surface area contributed by atoms with Crippen molar-refractivity contribution in [2.24, 2.45) is 0 Å².